The average Bonchev–Trinajstić information content (AvgIpc) is 3.04. The Balaban J connectivity index is 0.000000193. The highest BCUT2D eigenvalue weighted by atomic mass is 16.6. The Kier molecular flexibility index (Phi) is 10.3. The summed E-state index contributed by atoms with van der Waals surface area (Å²) in [4.78, 5) is 10.8. The van der Waals surface area contributed by atoms with Gasteiger partial charge in [-0.3, -0.25) is 10.1 Å². The largest absolute Gasteiger partial charge is 0.397 e. The first-order chi connectivity index (χ1) is 20.6. The quantitative estimate of drug-likeness (QED) is 0.102. The van der Waals surface area contributed by atoms with Gasteiger partial charge in [0.2, 0.25) is 0 Å². The third kappa shape index (κ3) is 7.65. The van der Waals surface area contributed by atoms with E-state index in [1.165, 1.54) is 11.6 Å². The van der Waals surface area contributed by atoms with Crippen LogP contribution in [0.25, 0.3) is 22.3 Å². The summed E-state index contributed by atoms with van der Waals surface area (Å²) in [5.41, 5.74) is 14.5. The van der Waals surface area contributed by atoms with Gasteiger partial charge in [-0.1, -0.05) is 129 Å². The molecule has 214 valence electrons. The summed E-state index contributed by atoms with van der Waals surface area (Å²) >= 11 is 0. The number of hydrogen-bond acceptors (Lipinski definition) is 5. The zero-order chi connectivity index (χ0) is 29.1. The van der Waals surface area contributed by atoms with Crippen molar-refractivity contribution in [3.05, 3.63) is 168 Å². The molecule has 0 aliphatic heterocycles. The summed E-state index contributed by atoms with van der Waals surface area (Å²) in [5.74, 6) is 0. The third-order valence-corrected chi connectivity index (χ3v) is 6.62. The van der Waals surface area contributed by atoms with Gasteiger partial charge in [-0.25, -0.2) is 0 Å². The van der Waals surface area contributed by atoms with Gasteiger partial charge in [0.05, 0.1) is 16.3 Å². The molecule has 6 heteroatoms. The average molecular weight is 567 g/mol. The molecule has 0 amide bonds. The lowest BCUT2D eigenvalue weighted by Crippen LogP contribution is -1.98. The second-order valence-corrected chi connectivity index (χ2v) is 9.43. The van der Waals surface area contributed by atoms with Crippen molar-refractivity contribution in [3.8, 4) is 22.3 Å². The molecule has 6 rings (SSSR count). The van der Waals surface area contributed by atoms with Gasteiger partial charge in [0.15, 0.2) is 0 Å². The number of nitrogens with two attached hydrogens (primary N) is 1. The van der Waals surface area contributed by atoms with Crippen LogP contribution in [0.2, 0.25) is 0 Å². The van der Waals surface area contributed by atoms with E-state index in [2.05, 4.69) is 34.9 Å². The van der Waals surface area contributed by atoms with Gasteiger partial charge in [-0.2, -0.15) is 0 Å². The summed E-state index contributed by atoms with van der Waals surface area (Å²) in [6.45, 7) is 0. The second kappa shape index (κ2) is 14.7. The minimum absolute atomic E-state index is 0. The molecule has 4 N–H and O–H groups in total. The van der Waals surface area contributed by atoms with Gasteiger partial charge < -0.3 is 16.4 Å². The van der Waals surface area contributed by atoms with E-state index in [1.807, 2.05) is 109 Å². The summed E-state index contributed by atoms with van der Waals surface area (Å²) < 4.78 is 0. The molecule has 0 atom stereocenters. The van der Waals surface area contributed by atoms with Gasteiger partial charge in [0, 0.05) is 28.6 Å². The number of rotatable bonds is 7. The Bertz CT molecular complexity index is 1770. The van der Waals surface area contributed by atoms with E-state index in [-0.39, 0.29) is 18.0 Å². The first-order valence-electron chi connectivity index (χ1n) is 13.5. The molecule has 0 aliphatic rings. The van der Waals surface area contributed by atoms with Crippen molar-refractivity contribution in [1.29, 1.82) is 0 Å². The number of nitrogens with zero attached hydrogens (tertiary/aromatic N) is 1. The molecule has 0 bridgehead atoms. The molecular formula is C37H34N4O2. The maximum atomic E-state index is 11.1. The molecule has 0 aromatic heterocycles. The van der Waals surface area contributed by atoms with Crippen molar-refractivity contribution < 1.29 is 4.92 Å². The van der Waals surface area contributed by atoms with Crippen molar-refractivity contribution in [3.63, 3.8) is 0 Å². The van der Waals surface area contributed by atoms with Crippen molar-refractivity contribution in [2.75, 3.05) is 16.4 Å². The van der Waals surface area contributed by atoms with E-state index in [0.29, 0.717) is 5.69 Å². The van der Waals surface area contributed by atoms with E-state index in [9.17, 15) is 10.1 Å². The van der Waals surface area contributed by atoms with Crippen LogP contribution in [0.5, 0.6) is 0 Å². The number of nitrogen functional groups attached to an aromatic ring is 1. The first-order valence-corrected chi connectivity index (χ1v) is 13.5. The van der Waals surface area contributed by atoms with E-state index >= 15 is 0 Å². The van der Waals surface area contributed by atoms with Crippen LogP contribution in [-0.2, 0) is 0 Å². The normalized spacial score (nSPS) is 9.95. The predicted octanol–water partition coefficient (Wildman–Crippen LogP) is 10.3. The zero-order valence-corrected chi connectivity index (χ0v) is 22.9. The Morgan fingerprint density at radius 1 is 0.465 bits per heavy atom. The van der Waals surface area contributed by atoms with Crippen LogP contribution in [0.4, 0.5) is 34.1 Å². The highest BCUT2D eigenvalue weighted by molar-refractivity contribution is 5.84. The molecule has 0 spiro atoms. The van der Waals surface area contributed by atoms with E-state index in [1.54, 1.807) is 18.2 Å². The summed E-state index contributed by atoms with van der Waals surface area (Å²) in [7, 11) is 0. The number of nitrogens with one attached hydrogen (secondary N) is 2. The molecular weight excluding hydrogens is 532 g/mol. The predicted molar refractivity (Wildman–Crippen MR) is 181 cm³/mol. The smallest absolute Gasteiger partial charge is 0.292 e. The second-order valence-electron chi connectivity index (χ2n) is 9.43. The maximum absolute atomic E-state index is 11.1. The third-order valence-electron chi connectivity index (χ3n) is 6.62. The SMILES string of the molecule is C.Nc1ccccc1Nc1ccccc1-c1ccccc1.O=[N+]([O-])c1ccccc1Nc1ccccc1-c1ccccc1. The first kappa shape index (κ1) is 30.1. The number of nitro groups is 1. The standard InChI is InChI=1S/C18H14N2O2.C18H16N2.CH4/c21-20(22)18-13-7-6-12-17(18)19-16-11-5-4-10-15(16)14-8-2-1-3-9-14;19-16-11-5-7-13-18(16)20-17-12-6-4-10-15(17)14-8-2-1-3-9-14;/h1-13,19H;1-13,20H,19H2;1H4. The lowest BCUT2D eigenvalue weighted by Gasteiger charge is -2.13. The molecule has 6 nitrogen and oxygen atoms in total. The summed E-state index contributed by atoms with van der Waals surface area (Å²) in [6, 6.07) is 50.7. The molecule has 0 saturated carbocycles. The molecule has 6 aromatic rings. The van der Waals surface area contributed by atoms with E-state index in [0.717, 1.165) is 39.4 Å². The van der Waals surface area contributed by atoms with Gasteiger partial charge in [-0.05, 0) is 41.5 Å². The Labute approximate surface area is 252 Å². The van der Waals surface area contributed by atoms with Crippen molar-refractivity contribution in [2.24, 2.45) is 0 Å². The maximum Gasteiger partial charge on any atom is 0.292 e. The number of benzene rings is 6. The summed E-state index contributed by atoms with van der Waals surface area (Å²) in [6.07, 6.45) is 0. The van der Waals surface area contributed by atoms with Gasteiger partial charge in [0.25, 0.3) is 5.69 Å². The highest BCUT2D eigenvalue weighted by Crippen LogP contribution is 2.34. The molecule has 0 aliphatic carbocycles. The van der Waals surface area contributed by atoms with E-state index < -0.39 is 0 Å². The molecule has 0 unspecified atom stereocenters. The fourth-order valence-corrected chi connectivity index (χ4v) is 4.56. The lowest BCUT2D eigenvalue weighted by molar-refractivity contribution is -0.383. The fourth-order valence-electron chi connectivity index (χ4n) is 4.56. The molecule has 0 fully saturated rings. The Morgan fingerprint density at radius 2 is 0.837 bits per heavy atom. The minimum atomic E-state index is -0.381. The van der Waals surface area contributed by atoms with Gasteiger partial charge in [-0.15, -0.1) is 0 Å². The molecule has 6 aromatic carbocycles. The van der Waals surface area contributed by atoms with Crippen LogP contribution in [0, 0.1) is 10.1 Å². The number of nitro benzene ring substituents is 1. The summed E-state index contributed by atoms with van der Waals surface area (Å²) in [5, 5.41) is 17.7. The topological polar surface area (TPSA) is 93.2 Å². The van der Waals surface area contributed by atoms with Crippen LogP contribution in [-0.4, -0.2) is 4.92 Å². The monoisotopic (exact) mass is 566 g/mol. The van der Waals surface area contributed by atoms with Crippen LogP contribution < -0.4 is 16.4 Å². The molecule has 0 saturated heterocycles. The van der Waals surface area contributed by atoms with Crippen molar-refractivity contribution in [2.45, 2.75) is 7.43 Å². The van der Waals surface area contributed by atoms with Crippen molar-refractivity contribution >= 4 is 34.1 Å². The number of hydrogen-bond donors (Lipinski definition) is 3. The Morgan fingerprint density at radius 3 is 1.33 bits per heavy atom. The van der Waals surface area contributed by atoms with E-state index in [4.69, 9.17) is 5.73 Å². The molecule has 43 heavy (non-hydrogen) atoms. The van der Waals surface area contributed by atoms with Crippen LogP contribution in [0.15, 0.2) is 158 Å². The lowest BCUT2D eigenvalue weighted by atomic mass is 10.0. The van der Waals surface area contributed by atoms with Crippen LogP contribution >= 0.6 is 0 Å². The fraction of sp³-hybridized carbons (Fsp3) is 0.0270. The van der Waals surface area contributed by atoms with Gasteiger partial charge >= 0.3 is 0 Å². The minimum Gasteiger partial charge on any atom is -0.397 e. The Hall–Kier alpha value is -5.88. The van der Waals surface area contributed by atoms with Crippen LogP contribution in [0.3, 0.4) is 0 Å². The highest BCUT2D eigenvalue weighted by Gasteiger charge is 2.14. The number of para-hydroxylation sites is 6. The number of anilines is 5. The molecule has 0 heterocycles. The molecule has 0 radical (unpaired) electrons. The van der Waals surface area contributed by atoms with Gasteiger partial charge in [0.1, 0.15) is 5.69 Å². The zero-order valence-electron chi connectivity index (χ0n) is 22.9. The van der Waals surface area contributed by atoms with Crippen LogP contribution in [0.1, 0.15) is 7.43 Å². The van der Waals surface area contributed by atoms with Crippen molar-refractivity contribution in [1.82, 2.24) is 0 Å².